The molecule has 1 aliphatic rings. The Kier molecular flexibility index (Phi) is 5.25. The highest BCUT2D eigenvalue weighted by molar-refractivity contribution is 5.94. The zero-order valence-corrected chi connectivity index (χ0v) is 13.9. The van der Waals surface area contributed by atoms with E-state index in [1.165, 1.54) is 17.0 Å². The standard InChI is InChI=1S/C19H17F3N2O2/c20-14-3-1-2-13(10-14)11-18(25)23-6-8-24(9-7-23)19(26)16-5-4-15(21)12-17(16)22/h1-5,10,12H,6-9,11H2. The van der Waals surface area contributed by atoms with Gasteiger partial charge in [0.25, 0.3) is 5.91 Å². The largest absolute Gasteiger partial charge is 0.339 e. The molecular formula is C19H17F3N2O2. The van der Waals surface area contributed by atoms with Crippen LogP contribution in [0.1, 0.15) is 15.9 Å². The summed E-state index contributed by atoms with van der Waals surface area (Å²) >= 11 is 0. The first-order valence-electron chi connectivity index (χ1n) is 8.20. The molecule has 0 saturated carbocycles. The van der Waals surface area contributed by atoms with Crippen LogP contribution in [0, 0.1) is 17.5 Å². The molecule has 2 aromatic carbocycles. The summed E-state index contributed by atoms with van der Waals surface area (Å²) < 4.78 is 39.9. The second-order valence-corrected chi connectivity index (χ2v) is 6.10. The topological polar surface area (TPSA) is 40.6 Å². The Bertz CT molecular complexity index is 833. The maximum Gasteiger partial charge on any atom is 0.256 e. The Balaban J connectivity index is 1.58. The van der Waals surface area contributed by atoms with Crippen molar-refractivity contribution in [2.45, 2.75) is 6.42 Å². The molecule has 2 amide bonds. The maximum absolute atomic E-state index is 13.8. The summed E-state index contributed by atoms with van der Waals surface area (Å²) in [5.41, 5.74) is 0.396. The van der Waals surface area contributed by atoms with Gasteiger partial charge in [0.05, 0.1) is 12.0 Å². The maximum atomic E-state index is 13.8. The molecule has 136 valence electrons. The summed E-state index contributed by atoms with van der Waals surface area (Å²) in [6.45, 7) is 1.13. The Labute approximate surface area is 148 Å². The summed E-state index contributed by atoms with van der Waals surface area (Å²) in [6, 6.07) is 8.68. The van der Waals surface area contributed by atoms with Gasteiger partial charge in [0.15, 0.2) is 0 Å². The van der Waals surface area contributed by atoms with Crippen LogP contribution in [0.4, 0.5) is 13.2 Å². The molecule has 0 bridgehead atoms. The molecule has 7 heteroatoms. The minimum atomic E-state index is -0.903. The van der Waals surface area contributed by atoms with Gasteiger partial charge in [-0.25, -0.2) is 13.2 Å². The van der Waals surface area contributed by atoms with Gasteiger partial charge in [0.2, 0.25) is 5.91 Å². The lowest BCUT2D eigenvalue weighted by atomic mass is 10.1. The van der Waals surface area contributed by atoms with Crippen molar-refractivity contribution in [1.82, 2.24) is 9.80 Å². The molecule has 0 N–H and O–H groups in total. The molecule has 0 aromatic heterocycles. The third kappa shape index (κ3) is 4.04. The average molecular weight is 362 g/mol. The molecule has 0 aliphatic carbocycles. The van der Waals surface area contributed by atoms with Crippen LogP contribution < -0.4 is 0 Å². The number of halogens is 3. The lowest BCUT2D eigenvalue weighted by Gasteiger charge is -2.35. The molecule has 1 aliphatic heterocycles. The summed E-state index contributed by atoms with van der Waals surface area (Å²) in [4.78, 5) is 27.7. The van der Waals surface area contributed by atoms with Gasteiger partial charge in [-0.05, 0) is 29.8 Å². The van der Waals surface area contributed by atoms with Gasteiger partial charge in [0, 0.05) is 32.2 Å². The number of piperazine rings is 1. The van der Waals surface area contributed by atoms with Crippen molar-refractivity contribution in [2.24, 2.45) is 0 Å². The van der Waals surface area contributed by atoms with Crippen molar-refractivity contribution in [3.05, 3.63) is 71.0 Å². The number of carbonyl (C=O) groups is 2. The normalized spacial score (nSPS) is 14.4. The third-order valence-electron chi connectivity index (χ3n) is 4.33. The predicted octanol–water partition coefficient (Wildman–Crippen LogP) is 2.63. The molecule has 26 heavy (non-hydrogen) atoms. The fraction of sp³-hybridized carbons (Fsp3) is 0.263. The number of nitrogens with zero attached hydrogens (tertiary/aromatic N) is 2. The summed E-state index contributed by atoms with van der Waals surface area (Å²) in [5, 5.41) is 0. The summed E-state index contributed by atoms with van der Waals surface area (Å²) in [7, 11) is 0. The van der Waals surface area contributed by atoms with Crippen molar-refractivity contribution in [3.8, 4) is 0 Å². The average Bonchev–Trinajstić information content (AvgIpc) is 2.61. The van der Waals surface area contributed by atoms with Crippen molar-refractivity contribution < 1.29 is 22.8 Å². The molecule has 0 radical (unpaired) electrons. The number of rotatable bonds is 3. The van der Waals surface area contributed by atoms with Crippen LogP contribution in [0.5, 0.6) is 0 Å². The van der Waals surface area contributed by atoms with Gasteiger partial charge in [0.1, 0.15) is 17.5 Å². The van der Waals surface area contributed by atoms with Gasteiger partial charge < -0.3 is 9.80 Å². The second-order valence-electron chi connectivity index (χ2n) is 6.10. The lowest BCUT2D eigenvalue weighted by Crippen LogP contribution is -2.51. The van der Waals surface area contributed by atoms with E-state index < -0.39 is 23.4 Å². The molecule has 0 spiro atoms. The van der Waals surface area contributed by atoms with E-state index in [4.69, 9.17) is 0 Å². The molecule has 1 fully saturated rings. The molecule has 4 nitrogen and oxygen atoms in total. The minimum Gasteiger partial charge on any atom is -0.339 e. The van der Waals surface area contributed by atoms with E-state index in [0.717, 1.165) is 12.1 Å². The molecular weight excluding hydrogens is 345 g/mol. The van der Waals surface area contributed by atoms with Gasteiger partial charge in [-0.15, -0.1) is 0 Å². The van der Waals surface area contributed by atoms with Crippen LogP contribution in [0.15, 0.2) is 42.5 Å². The first-order chi connectivity index (χ1) is 12.4. The summed E-state index contributed by atoms with van der Waals surface area (Å²) in [6.07, 6.45) is 0.0816. The number of carbonyl (C=O) groups excluding carboxylic acids is 2. The molecule has 1 heterocycles. The molecule has 1 saturated heterocycles. The van der Waals surface area contributed by atoms with E-state index in [9.17, 15) is 22.8 Å². The fourth-order valence-electron chi connectivity index (χ4n) is 2.93. The van der Waals surface area contributed by atoms with Crippen molar-refractivity contribution in [3.63, 3.8) is 0 Å². The first kappa shape index (κ1) is 18.0. The molecule has 0 unspecified atom stereocenters. The smallest absolute Gasteiger partial charge is 0.256 e. The van der Waals surface area contributed by atoms with Crippen molar-refractivity contribution >= 4 is 11.8 Å². The Morgan fingerprint density at radius 2 is 1.50 bits per heavy atom. The van der Waals surface area contributed by atoms with Gasteiger partial charge >= 0.3 is 0 Å². The fourth-order valence-corrected chi connectivity index (χ4v) is 2.93. The highest BCUT2D eigenvalue weighted by atomic mass is 19.1. The van der Waals surface area contributed by atoms with Gasteiger partial charge in [-0.3, -0.25) is 9.59 Å². The van der Waals surface area contributed by atoms with Gasteiger partial charge in [-0.2, -0.15) is 0 Å². The predicted molar refractivity (Wildman–Crippen MR) is 88.9 cm³/mol. The number of benzene rings is 2. The van der Waals surface area contributed by atoms with E-state index in [2.05, 4.69) is 0 Å². The quantitative estimate of drug-likeness (QED) is 0.842. The zero-order valence-electron chi connectivity index (χ0n) is 13.9. The minimum absolute atomic E-state index is 0.0816. The molecule has 0 atom stereocenters. The monoisotopic (exact) mass is 362 g/mol. The number of hydrogen-bond donors (Lipinski definition) is 0. The van der Waals surface area contributed by atoms with Crippen LogP contribution in [0.3, 0.4) is 0 Å². The van der Waals surface area contributed by atoms with Crippen molar-refractivity contribution in [1.29, 1.82) is 0 Å². The van der Waals surface area contributed by atoms with E-state index in [0.29, 0.717) is 24.7 Å². The van der Waals surface area contributed by atoms with Crippen LogP contribution in [-0.2, 0) is 11.2 Å². The number of amides is 2. The Morgan fingerprint density at radius 1 is 0.846 bits per heavy atom. The van der Waals surface area contributed by atoms with E-state index >= 15 is 0 Å². The van der Waals surface area contributed by atoms with E-state index in [-0.39, 0.29) is 31.0 Å². The Hall–Kier alpha value is -2.83. The van der Waals surface area contributed by atoms with E-state index in [1.807, 2.05) is 0 Å². The number of hydrogen-bond acceptors (Lipinski definition) is 2. The molecule has 3 rings (SSSR count). The lowest BCUT2D eigenvalue weighted by molar-refractivity contribution is -0.131. The van der Waals surface area contributed by atoms with Crippen LogP contribution in [-0.4, -0.2) is 47.8 Å². The van der Waals surface area contributed by atoms with Crippen LogP contribution in [0.2, 0.25) is 0 Å². The third-order valence-corrected chi connectivity index (χ3v) is 4.33. The first-order valence-corrected chi connectivity index (χ1v) is 8.20. The Morgan fingerprint density at radius 3 is 2.15 bits per heavy atom. The zero-order chi connectivity index (χ0) is 18.7. The van der Waals surface area contributed by atoms with Gasteiger partial charge in [-0.1, -0.05) is 12.1 Å². The highest BCUT2D eigenvalue weighted by Gasteiger charge is 2.26. The SMILES string of the molecule is O=C(Cc1cccc(F)c1)N1CCN(C(=O)c2ccc(F)cc2F)CC1. The van der Waals surface area contributed by atoms with Crippen LogP contribution >= 0.6 is 0 Å². The summed E-state index contributed by atoms with van der Waals surface area (Å²) in [5.74, 6) is -2.73. The van der Waals surface area contributed by atoms with Crippen molar-refractivity contribution in [2.75, 3.05) is 26.2 Å². The second kappa shape index (κ2) is 7.59. The highest BCUT2D eigenvalue weighted by Crippen LogP contribution is 2.15. The van der Waals surface area contributed by atoms with E-state index in [1.54, 1.807) is 17.0 Å². The molecule has 2 aromatic rings. The van der Waals surface area contributed by atoms with Crippen LogP contribution in [0.25, 0.3) is 0 Å².